The number of hydrogen-bond donors (Lipinski definition) is 2. The molecular formula is C14H20F3NO2. The second-order valence-corrected chi connectivity index (χ2v) is 5.84. The molecule has 114 valence electrons. The van der Waals surface area contributed by atoms with E-state index in [1.807, 2.05) is 20.8 Å². The Balaban J connectivity index is 2.79. The third kappa shape index (κ3) is 5.38. The molecule has 0 aliphatic rings. The van der Waals surface area contributed by atoms with Gasteiger partial charge in [-0.15, -0.1) is 13.2 Å². The number of hydrogen-bond acceptors (Lipinski definition) is 3. The van der Waals surface area contributed by atoms with Crippen LogP contribution in [0.3, 0.4) is 0 Å². The molecule has 1 aromatic rings. The van der Waals surface area contributed by atoms with E-state index < -0.39 is 12.5 Å². The van der Waals surface area contributed by atoms with Crippen molar-refractivity contribution in [2.75, 3.05) is 0 Å². The Morgan fingerprint density at radius 2 is 1.85 bits per heavy atom. The summed E-state index contributed by atoms with van der Waals surface area (Å²) in [6, 6.07) is 5.04. The van der Waals surface area contributed by atoms with Gasteiger partial charge >= 0.3 is 6.36 Å². The molecule has 0 saturated heterocycles. The van der Waals surface area contributed by atoms with Crippen LogP contribution >= 0.6 is 0 Å². The molecule has 2 atom stereocenters. The summed E-state index contributed by atoms with van der Waals surface area (Å²) in [5, 5.41) is 10.1. The lowest BCUT2D eigenvalue weighted by Crippen LogP contribution is -2.36. The van der Waals surface area contributed by atoms with E-state index in [1.165, 1.54) is 18.2 Å². The summed E-state index contributed by atoms with van der Waals surface area (Å²) in [7, 11) is 0. The maximum Gasteiger partial charge on any atom is 0.573 e. The predicted octanol–water partition coefficient (Wildman–Crippen LogP) is 3.38. The van der Waals surface area contributed by atoms with Crippen LogP contribution in [0.15, 0.2) is 24.3 Å². The Kier molecular flexibility index (Phi) is 5.05. The second-order valence-electron chi connectivity index (χ2n) is 5.84. The average molecular weight is 291 g/mol. The van der Waals surface area contributed by atoms with Crippen LogP contribution in [-0.4, -0.2) is 17.5 Å². The first kappa shape index (κ1) is 16.8. The first-order valence-electron chi connectivity index (χ1n) is 6.28. The van der Waals surface area contributed by atoms with Gasteiger partial charge in [0.25, 0.3) is 0 Å². The van der Waals surface area contributed by atoms with Crippen LogP contribution in [0.2, 0.25) is 0 Å². The standard InChI is InChI=1S/C14H20F3NO2/c1-13(2,3)12(18)8-11(19)9-5-4-6-10(7-9)20-14(15,16)17/h4-7,11-12,19H,8,18H2,1-3H3/t11-,12-/m0/s1. The van der Waals surface area contributed by atoms with Crippen LogP contribution in [0.1, 0.15) is 38.9 Å². The molecule has 0 heterocycles. The van der Waals surface area contributed by atoms with E-state index in [9.17, 15) is 18.3 Å². The van der Waals surface area contributed by atoms with Crippen LogP contribution in [-0.2, 0) is 0 Å². The lowest BCUT2D eigenvalue weighted by Gasteiger charge is -2.29. The molecule has 0 spiro atoms. The van der Waals surface area contributed by atoms with Crippen molar-refractivity contribution in [3.8, 4) is 5.75 Å². The van der Waals surface area contributed by atoms with E-state index in [0.29, 0.717) is 5.56 Å². The lowest BCUT2D eigenvalue weighted by atomic mass is 9.83. The molecule has 0 aliphatic carbocycles. The molecular weight excluding hydrogens is 271 g/mol. The fraction of sp³-hybridized carbons (Fsp3) is 0.571. The van der Waals surface area contributed by atoms with Crippen molar-refractivity contribution in [2.24, 2.45) is 11.1 Å². The van der Waals surface area contributed by atoms with Crippen molar-refractivity contribution in [1.29, 1.82) is 0 Å². The molecule has 0 saturated carbocycles. The number of nitrogens with two attached hydrogens (primary N) is 1. The van der Waals surface area contributed by atoms with Gasteiger partial charge in [-0.2, -0.15) is 0 Å². The van der Waals surface area contributed by atoms with Crippen molar-refractivity contribution >= 4 is 0 Å². The Hall–Kier alpha value is -1.27. The second kappa shape index (κ2) is 6.01. The summed E-state index contributed by atoms with van der Waals surface area (Å²) < 4.78 is 40.2. The fourth-order valence-electron chi connectivity index (χ4n) is 1.65. The van der Waals surface area contributed by atoms with E-state index in [1.54, 1.807) is 6.07 Å². The number of ether oxygens (including phenoxy) is 1. The number of halogens is 3. The van der Waals surface area contributed by atoms with Crippen molar-refractivity contribution in [3.05, 3.63) is 29.8 Å². The van der Waals surface area contributed by atoms with Crippen molar-refractivity contribution < 1.29 is 23.0 Å². The number of aliphatic hydroxyl groups excluding tert-OH is 1. The molecule has 0 bridgehead atoms. The molecule has 6 heteroatoms. The molecule has 0 aliphatic heterocycles. The molecule has 0 amide bonds. The summed E-state index contributed by atoms with van der Waals surface area (Å²) in [6.07, 6.45) is -5.41. The minimum absolute atomic E-state index is 0.193. The minimum Gasteiger partial charge on any atom is -0.406 e. The van der Waals surface area contributed by atoms with Gasteiger partial charge in [-0.1, -0.05) is 32.9 Å². The summed E-state index contributed by atoms with van der Waals surface area (Å²) in [5.41, 5.74) is 6.12. The predicted molar refractivity (Wildman–Crippen MR) is 70.1 cm³/mol. The van der Waals surface area contributed by atoms with Crippen LogP contribution in [0.4, 0.5) is 13.2 Å². The lowest BCUT2D eigenvalue weighted by molar-refractivity contribution is -0.274. The van der Waals surface area contributed by atoms with Crippen LogP contribution in [0.25, 0.3) is 0 Å². The normalized spacial score (nSPS) is 15.8. The molecule has 3 nitrogen and oxygen atoms in total. The van der Waals surface area contributed by atoms with Crippen LogP contribution in [0, 0.1) is 5.41 Å². The van der Waals surface area contributed by atoms with Crippen molar-refractivity contribution in [1.82, 2.24) is 0 Å². The molecule has 3 N–H and O–H groups in total. The highest BCUT2D eigenvalue weighted by atomic mass is 19.4. The number of aliphatic hydroxyl groups is 1. The number of alkyl halides is 3. The molecule has 20 heavy (non-hydrogen) atoms. The van der Waals surface area contributed by atoms with Gasteiger partial charge in [-0.25, -0.2) is 0 Å². The molecule has 0 unspecified atom stereocenters. The topological polar surface area (TPSA) is 55.5 Å². The summed E-state index contributed by atoms with van der Waals surface area (Å²) in [5.74, 6) is -0.349. The van der Waals surface area contributed by atoms with E-state index in [2.05, 4.69) is 4.74 Å². The van der Waals surface area contributed by atoms with Crippen molar-refractivity contribution in [3.63, 3.8) is 0 Å². The van der Waals surface area contributed by atoms with Gasteiger partial charge in [0.2, 0.25) is 0 Å². The van der Waals surface area contributed by atoms with Gasteiger partial charge in [-0.3, -0.25) is 0 Å². The first-order chi connectivity index (χ1) is 8.99. The van der Waals surface area contributed by atoms with Crippen molar-refractivity contribution in [2.45, 2.75) is 45.7 Å². The molecule has 0 aromatic heterocycles. The number of rotatable bonds is 4. The average Bonchev–Trinajstić information content (AvgIpc) is 2.25. The molecule has 0 fully saturated rings. The van der Waals surface area contributed by atoms with E-state index in [-0.39, 0.29) is 23.6 Å². The third-order valence-corrected chi connectivity index (χ3v) is 3.07. The van der Waals surface area contributed by atoms with Gasteiger partial charge < -0.3 is 15.6 Å². The SMILES string of the molecule is CC(C)(C)[C@@H](N)C[C@H](O)c1cccc(OC(F)(F)F)c1. The Morgan fingerprint density at radius 1 is 1.25 bits per heavy atom. The highest BCUT2D eigenvalue weighted by Gasteiger charge is 2.31. The van der Waals surface area contributed by atoms with Gasteiger partial charge in [0.05, 0.1) is 6.10 Å². The smallest absolute Gasteiger partial charge is 0.406 e. The van der Waals surface area contributed by atoms with E-state index in [4.69, 9.17) is 5.73 Å². The molecule has 0 radical (unpaired) electrons. The fourth-order valence-corrected chi connectivity index (χ4v) is 1.65. The first-order valence-corrected chi connectivity index (χ1v) is 6.28. The summed E-state index contributed by atoms with van der Waals surface area (Å²) in [6.45, 7) is 5.81. The zero-order valence-corrected chi connectivity index (χ0v) is 11.7. The highest BCUT2D eigenvalue weighted by molar-refractivity contribution is 5.30. The summed E-state index contributed by atoms with van der Waals surface area (Å²) >= 11 is 0. The third-order valence-electron chi connectivity index (χ3n) is 3.07. The monoisotopic (exact) mass is 291 g/mol. The van der Waals surface area contributed by atoms with E-state index in [0.717, 1.165) is 0 Å². The Morgan fingerprint density at radius 3 is 2.35 bits per heavy atom. The largest absolute Gasteiger partial charge is 0.573 e. The Bertz CT molecular complexity index is 441. The van der Waals surface area contributed by atoms with E-state index >= 15 is 0 Å². The Labute approximate surface area is 116 Å². The minimum atomic E-state index is -4.74. The zero-order chi connectivity index (χ0) is 15.6. The zero-order valence-electron chi connectivity index (χ0n) is 11.7. The van der Waals surface area contributed by atoms with Crippen LogP contribution < -0.4 is 10.5 Å². The van der Waals surface area contributed by atoms with Crippen LogP contribution in [0.5, 0.6) is 5.75 Å². The quantitative estimate of drug-likeness (QED) is 0.894. The van der Waals surface area contributed by atoms with Gasteiger partial charge in [0.15, 0.2) is 0 Å². The van der Waals surface area contributed by atoms with Gasteiger partial charge in [0.1, 0.15) is 5.75 Å². The van der Waals surface area contributed by atoms with Gasteiger partial charge in [-0.05, 0) is 29.5 Å². The molecule has 1 rings (SSSR count). The maximum absolute atomic E-state index is 12.1. The maximum atomic E-state index is 12.1. The molecule has 1 aromatic carbocycles. The van der Waals surface area contributed by atoms with Gasteiger partial charge in [0, 0.05) is 6.04 Å². The number of benzene rings is 1. The summed E-state index contributed by atoms with van der Waals surface area (Å²) in [4.78, 5) is 0. The highest BCUT2D eigenvalue weighted by Crippen LogP contribution is 2.29.